The van der Waals surface area contributed by atoms with E-state index >= 15 is 0 Å². The first kappa shape index (κ1) is 37.6. The SMILES string of the molecule is Oc1ccc([C@H]2Oc3cc(OCc4ccccc4)c(Br)c(OCc4ccccc4)c3C(Cc3ccccc3)[C@]2(Cc2ccccc2)OC2CCCCO2)cc1O. The molecule has 2 unspecified atom stereocenters. The molecule has 8 rings (SSSR count). The maximum atomic E-state index is 11.0. The summed E-state index contributed by atoms with van der Waals surface area (Å²) in [6, 6.07) is 47.6. The van der Waals surface area contributed by atoms with Crippen LogP contribution in [0.4, 0.5) is 0 Å². The van der Waals surface area contributed by atoms with E-state index in [-0.39, 0.29) is 17.4 Å². The van der Waals surface area contributed by atoms with Crippen LogP contribution in [0.5, 0.6) is 28.7 Å². The second kappa shape index (κ2) is 17.2. The lowest BCUT2D eigenvalue weighted by Gasteiger charge is -2.52. The minimum absolute atomic E-state index is 0.215. The Hall–Kier alpha value is -5.28. The monoisotopic (exact) mass is 812 g/mol. The zero-order chi connectivity index (χ0) is 38.3. The molecule has 8 heteroatoms. The predicted molar refractivity (Wildman–Crippen MR) is 219 cm³/mol. The fraction of sp³-hybridized carbons (Fsp3) is 0.250. The molecule has 0 amide bonds. The number of aromatic hydroxyl groups is 2. The summed E-state index contributed by atoms with van der Waals surface area (Å²) in [6.07, 6.45) is 2.39. The van der Waals surface area contributed by atoms with Crippen LogP contribution in [0, 0.1) is 0 Å². The Bertz CT molecular complexity index is 2190. The van der Waals surface area contributed by atoms with E-state index in [1.54, 1.807) is 12.1 Å². The molecule has 2 aliphatic rings. The molecule has 0 bridgehead atoms. The molecule has 2 aliphatic heterocycles. The van der Waals surface area contributed by atoms with Crippen LogP contribution >= 0.6 is 15.9 Å². The summed E-state index contributed by atoms with van der Waals surface area (Å²) in [6.45, 7) is 1.23. The molecule has 2 heterocycles. The molecule has 0 saturated carbocycles. The highest BCUT2D eigenvalue weighted by Crippen LogP contribution is 2.60. The van der Waals surface area contributed by atoms with Crippen molar-refractivity contribution in [2.75, 3.05) is 6.61 Å². The second-order valence-electron chi connectivity index (χ2n) is 14.5. The van der Waals surface area contributed by atoms with E-state index < -0.39 is 18.0 Å². The highest BCUT2D eigenvalue weighted by molar-refractivity contribution is 9.10. The molecule has 6 aromatic rings. The molecule has 0 spiro atoms. The molecule has 0 aromatic heterocycles. The highest BCUT2D eigenvalue weighted by atomic mass is 79.9. The Labute approximate surface area is 336 Å². The Morgan fingerprint density at radius 1 is 0.661 bits per heavy atom. The van der Waals surface area contributed by atoms with Crippen molar-refractivity contribution in [3.63, 3.8) is 0 Å². The van der Waals surface area contributed by atoms with Gasteiger partial charge in [-0.2, -0.15) is 0 Å². The van der Waals surface area contributed by atoms with Gasteiger partial charge in [-0.3, -0.25) is 0 Å². The van der Waals surface area contributed by atoms with Gasteiger partial charge in [0, 0.05) is 30.6 Å². The maximum Gasteiger partial charge on any atom is 0.158 e. The molecule has 0 radical (unpaired) electrons. The first-order valence-corrected chi connectivity index (χ1v) is 20.0. The smallest absolute Gasteiger partial charge is 0.158 e. The van der Waals surface area contributed by atoms with Crippen molar-refractivity contribution < 1.29 is 33.9 Å². The molecule has 1 saturated heterocycles. The third kappa shape index (κ3) is 8.28. The van der Waals surface area contributed by atoms with E-state index in [0.29, 0.717) is 59.9 Å². The van der Waals surface area contributed by atoms with Crippen molar-refractivity contribution >= 4 is 15.9 Å². The van der Waals surface area contributed by atoms with Crippen LogP contribution in [0.15, 0.2) is 150 Å². The molecule has 2 N–H and O–H groups in total. The van der Waals surface area contributed by atoms with Crippen LogP contribution in [-0.2, 0) is 35.5 Å². The average molecular weight is 814 g/mol. The van der Waals surface area contributed by atoms with Crippen LogP contribution in [0.2, 0.25) is 0 Å². The quantitative estimate of drug-likeness (QED) is 0.112. The highest BCUT2D eigenvalue weighted by Gasteiger charge is 2.56. The van der Waals surface area contributed by atoms with Gasteiger partial charge in [0.05, 0.1) is 0 Å². The lowest BCUT2D eigenvalue weighted by atomic mass is 9.68. The minimum Gasteiger partial charge on any atom is -0.504 e. The Morgan fingerprint density at radius 2 is 1.27 bits per heavy atom. The van der Waals surface area contributed by atoms with Gasteiger partial charge in [-0.25, -0.2) is 0 Å². The number of ether oxygens (including phenoxy) is 5. The number of phenolic OH excluding ortho intramolecular Hbond substituents is 2. The second-order valence-corrected chi connectivity index (χ2v) is 15.3. The van der Waals surface area contributed by atoms with Gasteiger partial charge in [-0.15, -0.1) is 0 Å². The van der Waals surface area contributed by atoms with Crippen LogP contribution in [0.1, 0.15) is 64.7 Å². The summed E-state index contributed by atoms with van der Waals surface area (Å²) >= 11 is 3.97. The molecule has 56 heavy (non-hydrogen) atoms. The third-order valence-corrected chi connectivity index (χ3v) is 11.4. The summed E-state index contributed by atoms with van der Waals surface area (Å²) in [5, 5.41) is 21.5. The molecule has 4 atom stereocenters. The van der Waals surface area contributed by atoms with Gasteiger partial charge in [0.1, 0.15) is 40.5 Å². The number of rotatable bonds is 13. The van der Waals surface area contributed by atoms with Gasteiger partial charge in [-0.05, 0) is 81.6 Å². The Balaban J connectivity index is 1.37. The van der Waals surface area contributed by atoms with E-state index in [9.17, 15) is 10.2 Å². The van der Waals surface area contributed by atoms with E-state index in [0.717, 1.165) is 47.1 Å². The van der Waals surface area contributed by atoms with Crippen LogP contribution in [0.25, 0.3) is 0 Å². The number of hydrogen-bond acceptors (Lipinski definition) is 7. The minimum atomic E-state index is -1.12. The molecular weight excluding hydrogens is 768 g/mol. The van der Waals surface area contributed by atoms with E-state index in [1.165, 1.54) is 6.07 Å². The van der Waals surface area contributed by atoms with Gasteiger partial charge in [-0.1, -0.05) is 127 Å². The standard InChI is InChI=1S/C48H45BrO7/c49-45-42(53-31-35-19-9-3-10-20-35)29-41-44(46(45)54-32-36-21-11-4-12-22-36)38(27-33-15-5-1-6-16-33)48(30-34-17-7-2-8-18-34,56-43-23-13-14-26-52-43)47(55-41)37-24-25-39(50)40(51)28-37/h1-12,15-22,24-25,28-29,38,43,47,50-51H,13-14,23,26-27,30-32H2/t38?,43?,47-,48+/m1/s1. The predicted octanol–water partition coefficient (Wildman–Crippen LogP) is 11.0. The number of halogens is 1. The zero-order valence-electron chi connectivity index (χ0n) is 31.1. The summed E-state index contributed by atoms with van der Waals surface area (Å²) in [7, 11) is 0. The fourth-order valence-corrected chi connectivity index (χ4v) is 8.50. The number of hydrogen-bond donors (Lipinski definition) is 2. The van der Waals surface area contributed by atoms with Gasteiger partial charge in [0.15, 0.2) is 23.9 Å². The van der Waals surface area contributed by atoms with Crippen molar-refractivity contribution in [2.24, 2.45) is 0 Å². The lowest BCUT2D eigenvalue weighted by Crippen LogP contribution is -2.54. The van der Waals surface area contributed by atoms with Gasteiger partial charge < -0.3 is 33.9 Å². The van der Waals surface area contributed by atoms with Crippen molar-refractivity contribution in [2.45, 2.75) is 69.2 Å². The lowest BCUT2D eigenvalue weighted by molar-refractivity contribution is -0.260. The first-order chi connectivity index (χ1) is 27.5. The van der Waals surface area contributed by atoms with E-state index in [2.05, 4.69) is 52.3 Å². The molecule has 6 aromatic carbocycles. The first-order valence-electron chi connectivity index (χ1n) is 19.2. The normalized spacial score (nSPS) is 20.4. The summed E-state index contributed by atoms with van der Waals surface area (Å²) in [5.74, 6) is 0.906. The Kier molecular flexibility index (Phi) is 11.6. The largest absolute Gasteiger partial charge is 0.504 e. The van der Waals surface area contributed by atoms with Crippen molar-refractivity contribution in [3.05, 3.63) is 183 Å². The molecule has 1 fully saturated rings. The Morgan fingerprint density at radius 3 is 1.88 bits per heavy atom. The zero-order valence-corrected chi connectivity index (χ0v) is 32.6. The molecule has 7 nitrogen and oxygen atoms in total. The van der Waals surface area contributed by atoms with Crippen molar-refractivity contribution in [1.29, 1.82) is 0 Å². The van der Waals surface area contributed by atoms with Gasteiger partial charge in [0.25, 0.3) is 0 Å². The molecule has 0 aliphatic carbocycles. The summed E-state index contributed by atoms with van der Waals surface area (Å²) in [5.41, 5.74) is 4.57. The van der Waals surface area contributed by atoms with Crippen LogP contribution in [-0.4, -0.2) is 28.7 Å². The van der Waals surface area contributed by atoms with Crippen molar-refractivity contribution in [3.8, 4) is 28.7 Å². The summed E-state index contributed by atoms with van der Waals surface area (Å²) in [4.78, 5) is 0. The molecular formula is C48H45BrO7. The van der Waals surface area contributed by atoms with Gasteiger partial charge >= 0.3 is 0 Å². The van der Waals surface area contributed by atoms with E-state index in [1.807, 2.05) is 91.0 Å². The maximum absolute atomic E-state index is 11.0. The van der Waals surface area contributed by atoms with Crippen LogP contribution < -0.4 is 14.2 Å². The van der Waals surface area contributed by atoms with Crippen molar-refractivity contribution in [1.82, 2.24) is 0 Å². The summed E-state index contributed by atoms with van der Waals surface area (Å²) < 4.78 is 35.3. The topological polar surface area (TPSA) is 86.6 Å². The molecule has 286 valence electrons. The third-order valence-electron chi connectivity index (χ3n) is 10.7. The number of phenols is 2. The van der Waals surface area contributed by atoms with Gasteiger partial charge in [0.2, 0.25) is 0 Å². The fourth-order valence-electron chi connectivity index (χ4n) is 7.94. The average Bonchev–Trinajstić information content (AvgIpc) is 3.24. The number of fused-ring (bicyclic) bond motifs is 1. The van der Waals surface area contributed by atoms with E-state index in [4.69, 9.17) is 23.7 Å². The van der Waals surface area contributed by atoms with Crippen LogP contribution in [0.3, 0.4) is 0 Å². The number of benzene rings is 6.